The number of phosphoric ester groups is 1. The van der Waals surface area contributed by atoms with Crippen LogP contribution in [-0.2, 0) is 36.3 Å². The zero-order valence-electron chi connectivity index (χ0n) is 14.5. The Balaban J connectivity index is 1.61. The first-order valence-electron chi connectivity index (χ1n) is 7.56. The molecule has 3 heterocycles. The molecule has 2 unspecified atom stereocenters. The number of fused-ring (bicyclic) bond motifs is 1. The van der Waals surface area contributed by atoms with Crippen LogP contribution in [0, 0.1) is 0 Å². The molecule has 0 bridgehead atoms. The fourth-order valence-corrected chi connectivity index (χ4v) is 5.31. The average molecular weight is 492 g/mol. The lowest BCUT2D eigenvalue weighted by Crippen LogP contribution is -2.17. The van der Waals surface area contributed by atoms with Crippen LogP contribution in [0.15, 0.2) is 6.33 Å². The number of anilines is 2. The quantitative estimate of drug-likeness (QED) is 0.246. The summed E-state index contributed by atoms with van der Waals surface area (Å²) in [4.78, 5) is 47.3. The van der Waals surface area contributed by atoms with Crippen LogP contribution in [0.4, 0.5) is 11.8 Å². The molecule has 1 aliphatic heterocycles. The molecule has 1 fully saturated rings. The third kappa shape index (κ3) is 5.79. The average Bonchev–Trinajstić information content (AvgIpc) is 3.15. The summed E-state index contributed by atoms with van der Waals surface area (Å²) in [5.41, 5.74) is 11.8. The fourth-order valence-electron chi connectivity index (χ4n) is 2.30. The summed E-state index contributed by atoms with van der Waals surface area (Å²) in [6.07, 6.45) is -0.736. The van der Waals surface area contributed by atoms with E-state index in [0.29, 0.717) is 0 Å². The predicted octanol–water partition coefficient (Wildman–Crippen LogP) is -0.795. The van der Waals surface area contributed by atoms with E-state index >= 15 is 0 Å². The maximum absolute atomic E-state index is 11.7. The highest BCUT2D eigenvalue weighted by Gasteiger charge is 2.41. The molecule has 0 aromatic carbocycles. The van der Waals surface area contributed by atoms with Crippen molar-refractivity contribution in [2.24, 2.45) is 0 Å². The van der Waals surface area contributed by atoms with E-state index in [2.05, 4.69) is 28.1 Å². The van der Waals surface area contributed by atoms with Gasteiger partial charge in [0.05, 0.1) is 12.9 Å². The summed E-state index contributed by atoms with van der Waals surface area (Å²) in [7, 11) is -16.4. The highest BCUT2D eigenvalue weighted by atomic mass is 31.3. The first kappa shape index (κ1) is 23.1. The number of hydrogen-bond acceptors (Lipinski definition) is 13. The van der Waals surface area contributed by atoms with Crippen LogP contribution < -0.4 is 11.5 Å². The largest absolute Gasteiger partial charge is 0.490 e. The molecule has 1 saturated heterocycles. The molecule has 2 aromatic heterocycles. The number of nitrogens with zero attached hydrogens (tertiary/aromatic N) is 4. The first-order chi connectivity index (χ1) is 13.7. The van der Waals surface area contributed by atoms with Gasteiger partial charge in [-0.1, -0.05) is 0 Å². The van der Waals surface area contributed by atoms with Crippen molar-refractivity contribution >= 4 is 46.4 Å². The van der Waals surface area contributed by atoms with Crippen molar-refractivity contribution in [3.05, 3.63) is 6.33 Å². The Morgan fingerprint density at radius 2 is 1.83 bits per heavy atom. The lowest BCUT2D eigenvalue weighted by Gasteiger charge is -2.17. The third-order valence-electron chi connectivity index (χ3n) is 3.30. The molecule has 21 heteroatoms. The van der Waals surface area contributed by atoms with Gasteiger partial charge in [0, 0.05) is 0 Å². The molecule has 168 valence electrons. The van der Waals surface area contributed by atoms with Gasteiger partial charge in [-0.2, -0.15) is 18.6 Å². The molecular formula is C9H15N6O12P3. The monoisotopic (exact) mass is 492 g/mol. The van der Waals surface area contributed by atoms with E-state index in [0.717, 1.165) is 0 Å². The van der Waals surface area contributed by atoms with Crippen LogP contribution >= 0.6 is 23.5 Å². The molecule has 0 saturated carbocycles. The van der Waals surface area contributed by atoms with E-state index in [9.17, 15) is 18.6 Å². The van der Waals surface area contributed by atoms with E-state index in [1.807, 2.05) is 0 Å². The van der Waals surface area contributed by atoms with Crippen LogP contribution in [0.25, 0.3) is 11.2 Å². The summed E-state index contributed by atoms with van der Waals surface area (Å²) < 4.78 is 57.3. The van der Waals surface area contributed by atoms with Gasteiger partial charge in [0.25, 0.3) is 0 Å². The first-order valence-corrected chi connectivity index (χ1v) is 12.1. The van der Waals surface area contributed by atoms with Gasteiger partial charge in [-0.05, 0) is 0 Å². The summed E-state index contributed by atoms with van der Waals surface area (Å²) in [6.45, 7) is -0.855. The lowest BCUT2D eigenvalue weighted by atomic mass is 10.5. The summed E-state index contributed by atoms with van der Waals surface area (Å²) >= 11 is 0. The number of nitrogens with two attached hydrogens (primary N) is 2. The molecule has 0 amide bonds. The number of ether oxygens (including phenoxy) is 2. The molecule has 0 spiro atoms. The number of rotatable bonds is 8. The van der Waals surface area contributed by atoms with E-state index in [4.69, 9.17) is 35.6 Å². The van der Waals surface area contributed by atoms with Crippen LogP contribution in [0.3, 0.4) is 0 Å². The van der Waals surface area contributed by atoms with Crippen molar-refractivity contribution in [2.75, 3.05) is 24.7 Å². The van der Waals surface area contributed by atoms with Gasteiger partial charge < -0.3 is 40.5 Å². The van der Waals surface area contributed by atoms with Gasteiger partial charge in [0.1, 0.15) is 12.1 Å². The highest BCUT2D eigenvalue weighted by Crippen LogP contribution is 2.66. The number of aromatic nitrogens is 4. The number of hydrogen-bond donors (Lipinski definition) is 6. The molecule has 8 N–H and O–H groups in total. The van der Waals surface area contributed by atoms with Gasteiger partial charge in [-0.25, -0.2) is 18.7 Å². The standard InChI is InChI=1S/C9H15N6O12P3/c10-7-6-8(14-9(11)13-7)15(3-12-6)4-1-23-5(25-4)2-24-29(19,20)27-30(21,22)26-28(16,17)18/h3-5H,1-2H2,(H,19,20)(H,21,22)(H2,16,17,18)(H4,10,11,13,14)/t4-,5-/m0/s1. The second-order valence-electron chi connectivity index (χ2n) is 5.53. The topological polar surface area (TPSA) is 274 Å². The van der Waals surface area contributed by atoms with Crippen LogP contribution in [0.5, 0.6) is 0 Å². The van der Waals surface area contributed by atoms with Crippen molar-refractivity contribution < 1.29 is 55.9 Å². The second-order valence-corrected chi connectivity index (χ2v) is 9.95. The van der Waals surface area contributed by atoms with Crippen LogP contribution in [0.1, 0.15) is 6.23 Å². The van der Waals surface area contributed by atoms with Crippen molar-refractivity contribution in [2.45, 2.75) is 12.5 Å². The molecule has 0 radical (unpaired) electrons. The van der Waals surface area contributed by atoms with E-state index < -0.39 is 42.6 Å². The zero-order chi connectivity index (χ0) is 22.3. The number of imidazole rings is 1. The fraction of sp³-hybridized carbons (Fsp3) is 0.444. The predicted molar refractivity (Wildman–Crippen MR) is 93.8 cm³/mol. The second kappa shape index (κ2) is 8.20. The van der Waals surface area contributed by atoms with Crippen LogP contribution in [-0.4, -0.2) is 58.6 Å². The molecule has 18 nitrogen and oxygen atoms in total. The van der Waals surface area contributed by atoms with Gasteiger partial charge in [-0.3, -0.25) is 9.09 Å². The van der Waals surface area contributed by atoms with Crippen molar-refractivity contribution in [3.8, 4) is 0 Å². The third-order valence-corrected chi connectivity index (χ3v) is 7.10. The summed E-state index contributed by atoms with van der Waals surface area (Å²) in [5.74, 6) is -0.0655. The minimum absolute atomic E-state index is 0.0411. The van der Waals surface area contributed by atoms with Gasteiger partial charge in [0.2, 0.25) is 5.95 Å². The van der Waals surface area contributed by atoms with E-state index in [1.165, 1.54) is 10.9 Å². The molecule has 30 heavy (non-hydrogen) atoms. The summed E-state index contributed by atoms with van der Waals surface area (Å²) in [6, 6.07) is 0. The maximum atomic E-state index is 11.7. The highest BCUT2D eigenvalue weighted by molar-refractivity contribution is 7.66. The summed E-state index contributed by atoms with van der Waals surface area (Å²) in [5, 5.41) is 0. The molecule has 3 rings (SSSR count). The van der Waals surface area contributed by atoms with Gasteiger partial charge in [-0.15, -0.1) is 0 Å². The Labute approximate surface area is 166 Å². The Kier molecular flexibility index (Phi) is 6.33. The molecule has 4 atom stereocenters. The van der Waals surface area contributed by atoms with Gasteiger partial charge in [0.15, 0.2) is 24.0 Å². The molecular weight excluding hydrogens is 477 g/mol. The Morgan fingerprint density at radius 3 is 2.50 bits per heavy atom. The van der Waals surface area contributed by atoms with Gasteiger partial charge >= 0.3 is 23.5 Å². The minimum Gasteiger partial charge on any atom is -0.382 e. The smallest absolute Gasteiger partial charge is 0.382 e. The Bertz CT molecular complexity index is 1090. The van der Waals surface area contributed by atoms with E-state index in [1.54, 1.807) is 0 Å². The normalized spacial score (nSPS) is 24.0. The maximum Gasteiger partial charge on any atom is 0.490 e. The lowest BCUT2D eigenvalue weighted by molar-refractivity contribution is -0.0961. The Morgan fingerprint density at radius 1 is 1.13 bits per heavy atom. The van der Waals surface area contributed by atoms with Crippen molar-refractivity contribution in [3.63, 3.8) is 0 Å². The van der Waals surface area contributed by atoms with Crippen molar-refractivity contribution in [1.82, 2.24) is 19.5 Å². The molecule has 2 aromatic rings. The SMILES string of the molecule is Nc1nc(N)c2ncn([C@@H]3CO[C@H](COP(=O)(O)OP(=O)(O)OP(=O)(O)O)O3)c2n1. The van der Waals surface area contributed by atoms with Crippen LogP contribution in [0.2, 0.25) is 0 Å². The Hall–Kier alpha value is -1.52. The molecule has 0 aliphatic carbocycles. The van der Waals surface area contributed by atoms with E-state index in [-0.39, 0.29) is 29.5 Å². The molecule has 1 aliphatic rings. The number of nitrogen functional groups attached to an aromatic ring is 2. The number of phosphoric acid groups is 3. The van der Waals surface area contributed by atoms with Crippen molar-refractivity contribution in [1.29, 1.82) is 0 Å². The zero-order valence-corrected chi connectivity index (χ0v) is 17.2. The minimum atomic E-state index is -5.62.